The van der Waals surface area contributed by atoms with E-state index in [0.29, 0.717) is 11.3 Å². The zero-order valence-electron chi connectivity index (χ0n) is 16.0. The van der Waals surface area contributed by atoms with Crippen molar-refractivity contribution in [2.75, 3.05) is 13.2 Å². The Morgan fingerprint density at radius 1 is 1.05 bits per heavy atom. The fourth-order valence-electron chi connectivity index (χ4n) is 2.73. The molecule has 22 heavy (non-hydrogen) atoms. The van der Waals surface area contributed by atoms with Gasteiger partial charge in [0.05, 0.1) is 0 Å². The van der Waals surface area contributed by atoms with Crippen LogP contribution in [-0.2, 0) is 8.85 Å². The Labute approximate surface area is 140 Å². The van der Waals surface area contributed by atoms with E-state index in [9.17, 15) is 0 Å². The lowest BCUT2D eigenvalue weighted by Crippen LogP contribution is -2.38. The van der Waals surface area contributed by atoms with E-state index < -0.39 is 8.56 Å². The Bertz CT molecular complexity index is 286. The molecule has 0 aromatic carbocycles. The molecule has 0 aliphatic carbocycles. The fourth-order valence-corrected chi connectivity index (χ4v) is 4.21. The maximum atomic E-state index is 6.13. The van der Waals surface area contributed by atoms with Crippen LogP contribution in [0.4, 0.5) is 0 Å². The third kappa shape index (κ3) is 12.4. The fraction of sp³-hybridized carbons (Fsp3) is 0.895. The van der Waals surface area contributed by atoms with Crippen molar-refractivity contribution < 1.29 is 8.85 Å². The van der Waals surface area contributed by atoms with Crippen LogP contribution in [0.3, 0.4) is 0 Å². The van der Waals surface area contributed by atoms with Gasteiger partial charge in [-0.2, -0.15) is 0 Å². The van der Waals surface area contributed by atoms with Crippen LogP contribution in [0.2, 0.25) is 6.55 Å². The smallest absolute Gasteiger partial charge is 0.361 e. The molecule has 0 spiro atoms. The van der Waals surface area contributed by atoms with Crippen LogP contribution < -0.4 is 0 Å². The van der Waals surface area contributed by atoms with Gasteiger partial charge in [0.15, 0.2) is 0 Å². The Hall–Kier alpha value is -0.123. The SMILES string of the molecule is C=C[Si](C)(OCCCCCCCC)OCC(C)CC(C)(C)C. The molecule has 3 heteroatoms. The van der Waals surface area contributed by atoms with Gasteiger partial charge in [0.25, 0.3) is 0 Å². The summed E-state index contributed by atoms with van der Waals surface area (Å²) in [5.74, 6) is 0.560. The zero-order valence-corrected chi connectivity index (χ0v) is 17.0. The molecule has 2 unspecified atom stereocenters. The van der Waals surface area contributed by atoms with Crippen LogP contribution in [0, 0.1) is 11.3 Å². The molecular weight excluding hydrogens is 288 g/mol. The second-order valence-corrected chi connectivity index (χ2v) is 11.0. The van der Waals surface area contributed by atoms with Gasteiger partial charge in [0, 0.05) is 13.2 Å². The monoisotopic (exact) mass is 328 g/mol. The number of rotatable bonds is 13. The second-order valence-electron chi connectivity index (χ2n) is 8.02. The van der Waals surface area contributed by atoms with Crippen LogP contribution >= 0.6 is 0 Å². The van der Waals surface area contributed by atoms with E-state index in [1.54, 1.807) is 0 Å². The van der Waals surface area contributed by atoms with Crippen molar-refractivity contribution >= 4 is 8.56 Å². The Balaban J connectivity index is 3.91. The summed E-state index contributed by atoms with van der Waals surface area (Å²) >= 11 is 0. The van der Waals surface area contributed by atoms with Crippen molar-refractivity contribution in [2.45, 2.75) is 86.1 Å². The summed E-state index contributed by atoms with van der Waals surface area (Å²) in [7, 11) is -2.17. The molecule has 0 radical (unpaired) electrons. The Morgan fingerprint density at radius 3 is 2.18 bits per heavy atom. The molecule has 0 aliphatic rings. The van der Waals surface area contributed by atoms with Gasteiger partial charge in [-0.15, -0.1) is 6.58 Å². The van der Waals surface area contributed by atoms with Crippen molar-refractivity contribution in [2.24, 2.45) is 11.3 Å². The highest BCUT2D eigenvalue weighted by atomic mass is 28.4. The van der Waals surface area contributed by atoms with Crippen molar-refractivity contribution in [3.05, 3.63) is 12.3 Å². The van der Waals surface area contributed by atoms with Crippen molar-refractivity contribution in [3.8, 4) is 0 Å². The van der Waals surface area contributed by atoms with Gasteiger partial charge in [-0.05, 0) is 36.4 Å². The first-order valence-electron chi connectivity index (χ1n) is 9.14. The van der Waals surface area contributed by atoms with Gasteiger partial charge in [0.2, 0.25) is 0 Å². The lowest BCUT2D eigenvalue weighted by Gasteiger charge is -2.28. The van der Waals surface area contributed by atoms with E-state index in [1.807, 2.05) is 5.70 Å². The molecule has 0 heterocycles. The van der Waals surface area contributed by atoms with Crippen LogP contribution in [0.5, 0.6) is 0 Å². The summed E-state index contributed by atoms with van der Waals surface area (Å²) in [4.78, 5) is 0. The average Bonchev–Trinajstić information content (AvgIpc) is 2.42. The largest absolute Gasteiger partial charge is 0.391 e. The Morgan fingerprint density at radius 2 is 1.64 bits per heavy atom. The zero-order chi connectivity index (χ0) is 17.1. The minimum Gasteiger partial charge on any atom is -0.391 e. The number of hydrogen-bond acceptors (Lipinski definition) is 2. The van der Waals surface area contributed by atoms with Gasteiger partial charge >= 0.3 is 8.56 Å². The van der Waals surface area contributed by atoms with Gasteiger partial charge in [-0.1, -0.05) is 66.7 Å². The average molecular weight is 329 g/mol. The highest BCUT2D eigenvalue weighted by Gasteiger charge is 2.28. The minimum atomic E-state index is -2.17. The van der Waals surface area contributed by atoms with Gasteiger partial charge < -0.3 is 8.85 Å². The molecule has 0 rings (SSSR count). The summed E-state index contributed by atoms with van der Waals surface area (Å²) in [6, 6.07) is 0. The van der Waals surface area contributed by atoms with Crippen LogP contribution in [0.1, 0.15) is 79.6 Å². The van der Waals surface area contributed by atoms with Crippen LogP contribution in [-0.4, -0.2) is 21.8 Å². The first kappa shape index (κ1) is 21.9. The van der Waals surface area contributed by atoms with E-state index >= 15 is 0 Å². The topological polar surface area (TPSA) is 18.5 Å². The standard InChI is InChI=1S/C19H40O2Si/c1-8-10-11-12-13-14-15-20-22(7,9-2)21-17-18(3)16-19(4,5)6/h9,18H,2,8,10-17H2,1,3-7H3. The quantitative estimate of drug-likeness (QED) is 0.294. The summed E-state index contributed by atoms with van der Waals surface area (Å²) in [5.41, 5.74) is 2.28. The lowest BCUT2D eigenvalue weighted by atomic mass is 9.86. The summed E-state index contributed by atoms with van der Waals surface area (Å²) < 4.78 is 12.2. The third-order valence-corrected chi connectivity index (χ3v) is 6.13. The molecule has 0 bridgehead atoms. The number of hydrogen-bond donors (Lipinski definition) is 0. The lowest BCUT2D eigenvalue weighted by molar-refractivity contribution is 0.143. The second kappa shape index (κ2) is 11.4. The molecule has 0 saturated carbocycles. The normalized spacial score (nSPS) is 16.3. The van der Waals surface area contributed by atoms with E-state index in [1.165, 1.54) is 38.5 Å². The van der Waals surface area contributed by atoms with Gasteiger partial charge in [-0.25, -0.2) is 0 Å². The highest BCUT2D eigenvalue weighted by molar-refractivity contribution is 6.71. The molecule has 0 fully saturated rings. The summed E-state index contributed by atoms with van der Waals surface area (Å²) in [6.45, 7) is 19.0. The predicted molar refractivity (Wildman–Crippen MR) is 100 cm³/mol. The molecular formula is C19H40O2Si. The molecule has 2 nitrogen and oxygen atoms in total. The molecule has 0 aromatic heterocycles. The first-order chi connectivity index (χ1) is 10.2. The molecule has 2 atom stereocenters. The Kier molecular flexibility index (Phi) is 11.4. The third-order valence-electron chi connectivity index (χ3n) is 3.87. The van der Waals surface area contributed by atoms with E-state index in [4.69, 9.17) is 8.85 Å². The summed E-state index contributed by atoms with van der Waals surface area (Å²) in [5, 5.41) is 0. The molecule has 0 N–H and O–H groups in total. The summed E-state index contributed by atoms with van der Waals surface area (Å²) in [6.07, 6.45) is 8.92. The van der Waals surface area contributed by atoms with E-state index in [-0.39, 0.29) is 0 Å². The first-order valence-corrected chi connectivity index (χ1v) is 11.5. The van der Waals surface area contributed by atoms with Gasteiger partial charge in [0.1, 0.15) is 0 Å². The maximum absolute atomic E-state index is 6.13. The van der Waals surface area contributed by atoms with Crippen LogP contribution in [0.15, 0.2) is 12.3 Å². The molecule has 132 valence electrons. The van der Waals surface area contributed by atoms with Crippen molar-refractivity contribution in [3.63, 3.8) is 0 Å². The molecule has 0 aromatic rings. The van der Waals surface area contributed by atoms with E-state index in [2.05, 4.69) is 47.7 Å². The highest BCUT2D eigenvalue weighted by Crippen LogP contribution is 2.25. The van der Waals surface area contributed by atoms with E-state index in [0.717, 1.165) is 19.6 Å². The molecule has 0 amide bonds. The molecule has 0 saturated heterocycles. The van der Waals surface area contributed by atoms with Gasteiger partial charge in [-0.3, -0.25) is 0 Å². The predicted octanol–water partition coefficient (Wildman–Crippen LogP) is 6.25. The minimum absolute atomic E-state index is 0.355. The van der Waals surface area contributed by atoms with Crippen molar-refractivity contribution in [1.82, 2.24) is 0 Å². The van der Waals surface area contributed by atoms with Crippen molar-refractivity contribution in [1.29, 1.82) is 0 Å². The molecule has 0 aliphatic heterocycles. The maximum Gasteiger partial charge on any atom is 0.361 e. The number of unbranched alkanes of at least 4 members (excludes halogenated alkanes) is 5. The van der Waals surface area contributed by atoms with Crippen LogP contribution in [0.25, 0.3) is 0 Å².